The van der Waals surface area contributed by atoms with E-state index in [1.165, 1.54) is 19.4 Å². The molecule has 2 amide bonds. The van der Waals surface area contributed by atoms with Crippen molar-refractivity contribution in [3.8, 4) is 0 Å². The average Bonchev–Trinajstić information content (AvgIpc) is 3.11. The second-order valence-electron chi connectivity index (χ2n) is 7.78. The molecular formula is C18H24F2N6O3S. The molecule has 164 valence electrons. The van der Waals surface area contributed by atoms with Crippen LogP contribution < -0.4 is 5.32 Å². The van der Waals surface area contributed by atoms with Crippen LogP contribution >= 0.6 is 0 Å². The highest BCUT2D eigenvalue weighted by atomic mass is 32.2. The Hall–Kier alpha value is -2.63. The van der Waals surface area contributed by atoms with E-state index in [-0.39, 0.29) is 11.9 Å². The van der Waals surface area contributed by atoms with Gasteiger partial charge in [-0.2, -0.15) is 15.3 Å². The summed E-state index contributed by atoms with van der Waals surface area (Å²) in [6.07, 6.45) is 1.89. The van der Waals surface area contributed by atoms with Crippen LogP contribution in [0, 0.1) is 5.92 Å². The lowest BCUT2D eigenvalue weighted by atomic mass is 9.86. The lowest BCUT2D eigenvalue weighted by Gasteiger charge is -2.40. The Bertz CT molecular complexity index is 1000. The van der Waals surface area contributed by atoms with Crippen LogP contribution in [0.2, 0.25) is 0 Å². The predicted molar refractivity (Wildman–Crippen MR) is 105 cm³/mol. The summed E-state index contributed by atoms with van der Waals surface area (Å²) in [4.78, 5) is 13.6. The zero-order valence-corrected chi connectivity index (χ0v) is 17.7. The van der Waals surface area contributed by atoms with Gasteiger partial charge in [0.05, 0.1) is 22.8 Å². The van der Waals surface area contributed by atoms with Crippen LogP contribution in [0.25, 0.3) is 0 Å². The number of aryl methyl sites for hydroxylation is 1. The predicted octanol–water partition coefficient (Wildman–Crippen LogP) is 2.64. The van der Waals surface area contributed by atoms with Crippen LogP contribution in [0.1, 0.15) is 38.8 Å². The number of urea groups is 1. The number of anilines is 1. The molecule has 3 heterocycles. The van der Waals surface area contributed by atoms with Crippen molar-refractivity contribution in [2.24, 2.45) is 13.0 Å². The van der Waals surface area contributed by atoms with Crippen molar-refractivity contribution in [2.75, 3.05) is 18.4 Å². The van der Waals surface area contributed by atoms with Crippen LogP contribution in [-0.4, -0.2) is 57.2 Å². The molecular weight excluding hydrogens is 418 g/mol. The van der Waals surface area contributed by atoms with Gasteiger partial charge < -0.3 is 10.2 Å². The first-order valence-electron chi connectivity index (χ1n) is 9.43. The zero-order chi connectivity index (χ0) is 22.1. The molecule has 0 spiro atoms. The highest BCUT2D eigenvalue weighted by Crippen LogP contribution is 2.40. The van der Waals surface area contributed by atoms with Gasteiger partial charge in [0.2, 0.25) is 0 Å². The first-order valence-corrected chi connectivity index (χ1v) is 10.9. The number of piperidine rings is 1. The molecule has 1 fully saturated rings. The van der Waals surface area contributed by atoms with Gasteiger partial charge in [0.25, 0.3) is 6.43 Å². The van der Waals surface area contributed by atoms with Gasteiger partial charge >= 0.3 is 6.03 Å². The number of carbonyl (C=O) groups is 1. The smallest absolute Gasteiger partial charge is 0.321 e. The summed E-state index contributed by atoms with van der Waals surface area (Å²) >= 11 is 0. The summed E-state index contributed by atoms with van der Waals surface area (Å²) in [7, 11) is -2.67. The number of likely N-dealkylation sites (tertiary alicyclic amines) is 1. The Morgan fingerprint density at radius 1 is 1.27 bits per heavy atom. The van der Waals surface area contributed by atoms with Gasteiger partial charge in [-0.25, -0.2) is 22.0 Å². The number of aromatic nitrogens is 4. The van der Waals surface area contributed by atoms with Crippen molar-refractivity contribution in [1.82, 2.24) is 24.9 Å². The summed E-state index contributed by atoms with van der Waals surface area (Å²) < 4.78 is 52.9. The van der Waals surface area contributed by atoms with Crippen molar-refractivity contribution >= 4 is 21.6 Å². The molecule has 0 atom stereocenters. The number of amides is 2. The van der Waals surface area contributed by atoms with Gasteiger partial charge in [-0.1, -0.05) is 0 Å². The molecule has 30 heavy (non-hydrogen) atoms. The van der Waals surface area contributed by atoms with E-state index in [1.54, 1.807) is 24.8 Å². The quantitative estimate of drug-likeness (QED) is 0.762. The maximum Gasteiger partial charge on any atom is 0.321 e. The molecule has 12 heteroatoms. The van der Waals surface area contributed by atoms with E-state index in [1.807, 2.05) is 0 Å². The minimum Gasteiger partial charge on any atom is -0.325 e. The molecule has 0 aromatic carbocycles. The van der Waals surface area contributed by atoms with Gasteiger partial charge in [0.15, 0.2) is 9.84 Å². The number of hydrogen-bond donors (Lipinski definition) is 1. The van der Waals surface area contributed by atoms with E-state index in [0.29, 0.717) is 31.6 Å². The average molecular weight is 442 g/mol. The van der Waals surface area contributed by atoms with E-state index >= 15 is 0 Å². The van der Waals surface area contributed by atoms with Crippen LogP contribution in [-0.2, 0) is 16.9 Å². The van der Waals surface area contributed by atoms with Gasteiger partial charge in [0.1, 0.15) is 10.6 Å². The largest absolute Gasteiger partial charge is 0.325 e. The highest BCUT2D eigenvalue weighted by molar-refractivity contribution is 7.92. The number of sulfone groups is 1. The Morgan fingerprint density at radius 2 is 1.93 bits per heavy atom. The fourth-order valence-electron chi connectivity index (χ4n) is 3.69. The van der Waals surface area contributed by atoms with Crippen molar-refractivity contribution in [3.63, 3.8) is 0 Å². The fourth-order valence-corrected chi connectivity index (χ4v) is 5.63. The topological polar surface area (TPSA) is 110 Å². The van der Waals surface area contributed by atoms with E-state index in [2.05, 4.69) is 20.6 Å². The van der Waals surface area contributed by atoms with Crippen LogP contribution in [0.4, 0.5) is 19.3 Å². The van der Waals surface area contributed by atoms with Crippen molar-refractivity contribution in [2.45, 2.75) is 42.8 Å². The van der Waals surface area contributed by atoms with E-state index < -0.39 is 31.6 Å². The third-order valence-electron chi connectivity index (χ3n) is 5.61. The zero-order valence-electron chi connectivity index (χ0n) is 16.9. The van der Waals surface area contributed by atoms with Crippen LogP contribution in [0.3, 0.4) is 0 Å². The summed E-state index contributed by atoms with van der Waals surface area (Å²) in [5.74, 6) is -0.306. The first-order chi connectivity index (χ1) is 14.0. The summed E-state index contributed by atoms with van der Waals surface area (Å²) in [6, 6.07) is 1.30. The number of rotatable bonds is 5. The second-order valence-corrected chi connectivity index (χ2v) is 10.3. The number of carbonyl (C=O) groups excluding carboxylic acids is 1. The molecule has 0 aliphatic carbocycles. The summed E-state index contributed by atoms with van der Waals surface area (Å²) in [6.45, 7) is 3.80. The van der Waals surface area contributed by atoms with E-state index in [0.717, 1.165) is 10.9 Å². The molecule has 1 saturated heterocycles. The first kappa shape index (κ1) is 22.1. The van der Waals surface area contributed by atoms with Gasteiger partial charge in [-0.05, 0) is 38.7 Å². The van der Waals surface area contributed by atoms with Gasteiger partial charge in [-0.15, -0.1) is 0 Å². The third kappa shape index (κ3) is 4.13. The van der Waals surface area contributed by atoms with Crippen LogP contribution in [0.15, 0.2) is 29.6 Å². The molecule has 9 nitrogen and oxygen atoms in total. The molecule has 2 aromatic rings. The molecule has 0 unspecified atom stereocenters. The van der Waals surface area contributed by atoms with Gasteiger partial charge in [0, 0.05) is 26.3 Å². The number of alkyl halides is 2. The second kappa shape index (κ2) is 8.25. The Balaban J connectivity index is 1.72. The standard InChI is InChI=1S/C18H24F2N6O3S/c1-18(2,30(28,29)14-11-25(3)24-15(14)16(19)20)12-5-8-26(9-6-12)17(27)23-13-4-7-21-22-10-13/h4,7,10-12,16H,5-6,8-9H2,1-3H3,(H,21,23,27). The van der Waals surface area contributed by atoms with Crippen LogP contribution in [0.5, 0.6) is 0 Å². The molecule has 3 rings (SSSR count). The lowest BCUT2D eigenvalue weighted by Crippen LogP contribution is -2.48. The van der Waals surface area contributed by atoms with E-state index in [9.17, 15) is 22.0 Å². The maximum atomic E-state index is 13.3. The highest BCUT2D eigenvalue weighted by Gasteiger charge is 2.46. The Morgan fingerprint density at radius 3 is 2.50 bits per heavy atom. The molecule has 2 aromatic heterocycles. The summed E-state index contributed by atoms with van der Waals surface area (Å²) in [5, 5.41) is 13.7. The third-order valence-corrected chi connectivity index (χ3v) is 8.22. The normalized spacial score (nSPS) is 16.1. The molecule has 0 radical (unpaired) electrons. The summed E-state index contributed by atoms with van der Waals surface area (Å²) in [5.41, 5.74) is -0.218. The Kier molecular flexibility index (Phi) is 6.06. The number of hydrogen-bond acceptors (Lipinski definition) is 6. The molecule has 1 aliphatic rings. The molecule has 1 N–H and O–H groups in total. The Labute approximate surface area is 173 Å². The number of nitrogens with zero attached hydrogens (tertiary/aromatic N) is 5. The fraction of sp³-hybridized carbons (Fsp3) is 0.556. The SMILES string of the molecule is Cn1cc(S(=O)(=O)C(C)(C)C2CCN(C(=O)Nc3ccnnc3)CC2)c(C(F)F)n1. The monoisotopic (exact) mass is 442 g/mol. The van der Waals surface area contributed by atoms with Crippen molar-refractivity contribution in [1.29, 1.82) is 0 Å². The minimum absolute atomic E-state index is 0.306. The molecule has 1 aliphatic heterocycles. The van der Waals surface area contributed by atoms with Crippen molar-refractivity contribution in [3.05, 3.63) is 30.4 Å². The number of nitrogens with one attached hydrogen (secondary N) is 1. The van der Waals surface area contributed by atoms with Crippen molar-refractivity contribution < 1.29 is 22.0 Å². The van der Waals surface area contributed by atoms with E-state index in [4.69, 9.17) is 0 Å². The molecule has 0 saturated carbocycles. The maximum absolute atomic E-state index is 13.3. The number of halogens is 2. The minimum atomic E-state index is -4.08. The lowest BCUT2D eigenvalue weighted by molar-refractivity contribution is 0.141. The van der Waals surface area contributed by atoms with Gasteiger partial charge in [-0.3, -0.25) is 4.68 Å². The molecule has 0 bridgehead atoms.